The van der Waals surface area contributed by atoms with Crippen LogP contribution in [0.4, 0.5) is 0 Å². The number of amides is 1. The number of hydrogen-bond acceptors (Lipinski definition) is 3. The fourth-order valence-electron chi connectivity index (χ4n) is 2.75. The van der Waals surface area contributed by atoms with Crippen LogP contribution >= 0.6 is 0 Å². The van der Waals surface area contributed by atoms with Crippen molar-refractivity contribution in [3.63, 3.8) is 0 Å². The van der Waals surface area contributed by atoms with Crippen LogP contribution in [0.25, 0.3) is 0 Å². The quantitative estimate of drug-likeness (QED) is 0.896. The predicted molar refractivity (Wildman–Crippen MR) is 84.5 cm³/mol. The van der Waals surface area contributed by atoms with Crippen LogP contribution < -0.4 is 15.4 Å². The van der Waals surface area contributed by atoms with Crippen molar-refractivity contribution in [1.82, 2.24) is 10.6 Å². The van der Waals surface area contributed by atoms with Gasteiger partial charge >= 0.3 is 0 Å². The molecule has 116 valence electrons. The van der Waals surface area contributed by atoms with E-state index in [1.165, 1.54) is 11.1 Å². The molecule has 0 aliphatic heterocycles. The Kier molecular flexibility index (Phi) is 4.57. The number of hydrogen-bond donors (Lipinski definition) is 2. The molecular weight excluding hydrogens is 264 g/mol. The number of fused-ring (bicyclic) bond motifs is 1. The van der Waals surface area contributed by atoms with E-state index in [2.05, 4.69) is 16.7 Å². The molecule has 0 heterocycles. The number of benzene rings is 1. The molecule has 1 aromatic rings. The number of carbonyl (C=O) groups is 1. The van der Waals surface area contributed by atoms with Crippen molar-refractivity contribution >= 4 is 5.91 Å². The third kappa shape index (κ3) is 3.76. The summed E-state index contributed by atoms with van der Waals surface area (Å²) in [5.74, 6) is 0.755. The molecule has 4 nitrogen and oxygen atoms in total. The van der Waals surface area contributed by atoms with Gasteiger partial charge < -0.3 is 15.4 Å². The van der Waals surface area contributed by atoms with E-state index in [0.29, 0.717) is 6.04 Å². The Labute approximate surface area is 127 Å². The highest BCUT2D eigenvalue weighted by Crippen LogP contribution is 2.37. The molecule has 0 bridgehead atoms. The molecule has 4 heteroatoms. The minimum absolute atomic E-state index is 0.0803. The third-order valence-electron chi connectivity index (χ3n) is 3.75. The summed E-state index contributed by atoms with van der Waals surface area (Å²) in [4.78, 5) is 12.1. The number of carbonyl (C=O) groups excluding carboxylic acids is 1. The van der Waals surface area contributed by atoms with Gasteiger partial charge in [-0.25, -0.2) is 0 Å². The van der Waals surface area contributed by atoms with Crippen LogP contribution in [-0.4, -0.2) is 24.6 Å². The zero-order valence-corrected chi connectivity index (χ0v) is 13.6. The van der Waals surface area contributed by atoms with Gasteiger partial charge in [-0.05, 0) is 64.8 Å². The van der Waals surface area contributed by atoms with E-state index in [1.807, 2.05) is 40.0 Å². The highest BCUT2D eigenvalue weighted by atomic mass is 16.5. The van der Waals surface area contributed by atoms with Crippen molar-refractivity contribution in [3.8, 4) is 5.75 Å². The minimum Gasteiger partial charge on any atom is -0.481 e. The lowest BCUT2D eigenvalue weighted by atomic mass is 10.1. The fourth-order valence-corrected chi connectivity index (χ4v) is 2.75. The number of rotatable bonds is 4. The lowest BCUT2D eigenvalue weighted by Gasteiger charge is -2.24. The molecular formula is C17H26N2O2. The van der Waals surface area contributed by atoms with E-state index in [1.54, 1.807) is 6.92 Å². The van der Waals surface area contributed by atoms with Gasteiger partial charge in [-0.3, -0.25) is 4.79 Å². The van der Waals surface area contributed by atoms with Gasteiger partial charge in [-0.2, -0.15) is 0 Å². The van der Waals surface area contributed by atoms with Gasteiger partial charge in [-0.15, -0.1) is 0 Å². The summed E-state index contributed by atoms with van der Waals surface area (Å²) < 4.78 is 5.92. The summed E-state index contributed by atoms with van der Waals surface area (Å²) in [6.07, 6.45) is 1.57. The van der Waals surface area contributed by atoms with Crippen LogP contribution in [0.3, 0.4) is 0 Å². The first-order chi connectivity index (χ1) is 9.81. The molecule has 0 saturated heterocycles. The van der Waals surface area contributed by atoms with E-state index in [-0.39, 0.29) is 11.4 Å². The van der Waals surface area contributed by atoms with Crippen LogP contribution in [0.5, 0.6) is 5.75 Å². The van der Waals surface area contributed by atoms with Crippen LogP contribution in [-0.2, 0) is 11.2 Å². The second-order valence-corrected chi connectivity index (χ2v) is 6.70. The highest BCUT2D eigenvalue weighted by Gasteiger charge is 2.26. The van der Waals surface area contributed by atoms with E-state index in [4.69, 9.17) is 4.74 Å². The van der Waals surface area contributed by atoms with Crippen molar-refractivity contribution in [1.29, 1.82) is 0 Å². The molecule has 2 N–H and O–H groups in total. The number of nitrogens with one attached hydrogen (secondary N) is 2. The molecule has 2 unspecified atom stereocenters. The molecule has 0 fully saturated rings. The predicted octanol–water partition coefficient (Wildman–Crippen LogP) is 2.58. The van der Waals surface area contributed by atoms with E-state index in [0.717, 1.165) is 18.6 Å². The summed E-state index contributed by atoms with van der Waals surface area (Å²) >= 11 is 0. The van der Waals surface area contributed by atoms with Gasteiger partial charge in [0.05, 0.1) is 0 Å². The zero-order chi connectivity index (χ0) is 15.6. The molecule has 0 radical (unpaired) electrons. The van der Waals surface area contributed by atoms with Gasteiger partial charge in [0, 0.05) is 11.6 Å². The topological polar surface area (TPSA) is 50.4 Å². The van der Waals surface area contributed by atoms with Gasteiger partial charge in [0.1, 0.15) is 5.75 Å². The maximum atomic E-state index is 12.1. The molecule has 0 aromatic heterocycles. The fraction of sp³-hybridized carbons (Fsp3) is 0.588. The summed E-state index contributed by atoms with van der Waals surface area (Å²) in [5.41, 5.74) is 2.27. The van der Waals surface area contributed by atoms with Gasteiger partial charge in [0.25, 0.3) is 5.91 Å². The molecule has 1 aliphatic rings. The minimum atomic E-state index is -0.496. The second kappa shape index (κ2) is 6.06. The Bertz CT molecular complexity index is 520. The molecule has 0 spiro atoms. The number of ether oxygens (including phenoxy) is 1. The SMILES string of the molecule is CNC1CCc2c(OC(C)C(=O)NC(C)(C)C)cccc21. The van der Waals surface area contributed by atoms with Crippen LogP contribution in [0.15, 0.2) is 18.2 Å². The van der Waals surface area contributed by atoms with E-state index < -0.39 is 6.10 Å². The van der Waals surface area contributed by atoms with E-state index in [9.17, 15) is 4.79 Å². The Morgan fingerprint density at radius 3 is 2.71 bits per heavy atom. The lowest BCUT2D eigenvalue weighted by molar-refractivity contribution is -0.128. The van der Waals surface area contributed by atoms with Crippen LogP contribution in [0.2, 0.25) is 0 Å². The van der Waals surface area contributed by atoms with Crippen molar-refractivity contribution in [3.05, 3.63) is 29.3 Å². The molecule has 2 atom stereocenters. The molecule has 1 aliphatic carbocycles. The van der Waals surface area contributed by atoms with Gasteiger partial charge in [-0.1, -0.05) is 12.1 Å². The lowest BCUT2D eigenvalue weighted by Crippen LogP contribution is -2.46. The Hall–Kier alpha value is -1.55. The molecule has 0 saturated carbocycles. The maximum Gasteiger partial charge on any atom is 0.261 e. The molecule has 1 aromatic carbocycles. The summed E-state index contributed by atoms with van der Waals surface area (Å²) in [5, 5.41) is 6.27. The standard InChI is InChI=1S/C17H26N2O2/c1-11(16(20)19-17(2,3)4)21-15-8-6-7-12-13(15)9-10-14(12)18-5/h6-8,11,14,18H,9-10H2,1-5H3,(H,19,20). The first kappa shape index (κ1) is 15.8. The monoisotopic (exact) mass is 290 g/mol. The summed E-state index contributed by atoms with van der Waals surface area (Å²) in [6, 6.07) is 6.48. The van der Waals surface area contributed by atoms with Crippen molar-refractivity contribution < 1.29 is 9.53 Å². The Morgan fingerprint density at radius 2 is 2.10 bits per heavy atom. The summed E-state index contributed by atoms with van der Waals surface area (Å²) in [6.45, 7) is 7.70. The average Bonchev–Trinajstić information content (AvgIpc) is 2.80. The van der Waals surface area contributed by atoms with Crippen molar-refractivity contribution in [2.75, 3.05) is 7.05 Å². The summed E-state index contributed by atoms with van der Waals surface area (Å²) in [7, 11) is 1.98. The van der Waals surface area contributed by atoms with Gasteiger partial charge in [0.2, 0.25) is 0 Å². The van der Waals surface area contributed by atoms with Crippen LogP contribution in [0.1, 0.15) is 51.3 Å². The molecule has 1 amide bonds. The first-order valence-corrected chi connectivity index (χ1v) is 7.59. The Morgan fingerprint density at radius 1 is 1.38 bits per heavy atom. The molecule has 2 rings (SSSR count). The van der Waals surface area contributed by atoms with Crippen LogP contribution in [0, 0.1) is 0 Å². The smallest absolute Gasteiger partial charge is 0.261 e. The third-order valence-corrected chi connectivity index (χ3v) is 3.75. The Balaban J connectivity index is 2.11. The maximum absolute atomic E-state index is 12.1. The van der Waals surface area contributed by atoms with Gasteiger partial charge in [0.15, 0.2) is 6.10 Å². The normalized spacial score (nSPS) is 19.0. The van der Waals surface area contributed by atoms with Crippen molar-refractivity contribution in [2.45, 2.75) is 58.2 Å². The second-order valence-electron chi connectivity index (χ2n) is 6.70. The average molecular weight is 290 g/mol. The highest BCUT2D eigenvalue weighted by molar-refractivity contribution is 5.81. The molecule has 21 heavy (non-hydrogen) atoms. The van der Waals surface area contributed by atoms with Crippen molar-refractivity contribution in [2.24, 2.45) is 0 Å². The largest absolute Gasteiger partial charge is 0.481 e. The van der Waals surface area contributed by atoms with E-state index >= 15 is 0 Å². The zero-order valence-electron chi connectivity index (χ0n) is 13.6. The first-order valence-electron chi connectivity index (χ1n) is 7.59.